The molecule has 0 aromatic carbocycles. The lowest BCUT2D eigenvalue weighted by molar-refractivity contribution is -0.147. The van der Waals surface area contributed by atoms with E-state index in [1.165, 1.54) is 0 Å². The molecule has 1 aliphatic heterocycles. The van der Waals surface area contributed by atoms with Crippen LogP contribution in [0.3, 0.4) is 0 Å². The highest BCUT2D eigenvalue weighted by atomic mass is 16.5. The monoisotopic (exact) mass is 336 g/mol. The zero-order valence-corrected chi connectivity index (χ0v) is 14.8. The van der Waals surface area contributed by atoms with E-state index in [0.717, 1.165) is 44.9 Å². The molecule has 2 rings (SSSR count). The molecule has 2 N–H and O–H groups in total. The van der Waals surface area contributed by atoms with Gasteiger partial charge in [-0.1, -0.05) is 38.0 Å². The summed E-state index contributed by atoms with van der Waals surface area (Å²) < 4.78 is 5.63. The lowest BCUT2D eigenvalue weighted by Crippen LogP contribution is -2.21. The van der Waals surface area contributed by atoms with E-state index < -0.39 is 12.2 Å². The van der Waals surface area contributed by atoms with Crippen molar-refractivity contribution in [2.24, 2.45) is 11.8 Å². The number of hydrogen-bond donors (Lipinski definition) is 2. The number of cyclic esters (lactones) is 1. The molecular formula is C20H32O4. The van der Waals surface area contributed by atoms with Gasteiger partial charge in [0.05, 0.1) is 12.2 Å². The lowest BCUT2D eigenvalue weighted by Gasteiger charge is -2.20. The predicted octanol–water partition coefficient (Wildman–Crippen LogP) is 3.52. The number of unbranched alkanes of at least 4 members (excludes halogenated alkanes) is 2. The van der Waals surface area contributed by atoms with Crippen molar-refractivity contribution in [2.75, 3.05) is 0 Å². The van der Waals surface area contributed by atoms with Crippen LogP contribution in [0.2, 0.25) is 0 Å². The van der Waals surface area contributed by atoms with Crippen LogP contribution in [-0.4, -0.2) is 34.5 Å². The number of fused-ring (bicyclic) bond motifs is 1. The third-order valence-electron chi connectivity index (χ3n) is 5.17. The zero-order chi connectivity index (χ0) is 17.4. The highest BCUT2D eigenvalue weighted by molar-refractivity contribution is 5.69. The summed E-state index contributed by atoms with van der Waals surface area (Å²) in [6.45, 7) is 2.15. The third-order valence-corrected chi connectivity index (χ3v) is 5.17. The predicted molar refractivity (Wildman–Crippen MR) is 94.4 cm³/mol. The standard InChI is InChI=1S/C20H32O4/c1-2-3-6-9-15-12-13-17-16(18(21)14-19(17)22)10-7-4-5-8-11-20(23)24-15/h4,7,12-13,15-19,21-22H,2-3,5-6,8-11,14H2,1H3/b7-4-,13-12-/t15-,16-,17?,18+,19-/m1/s1. The molecule has 24 heavy (non-hydrogen) atoms. The number of carbonyl (C=O) groups excluding carboxylic acids is 1. The summed E-state index contributed by atoms with van der Waals surface area (Å²) in [5.74, 6) is -0.171. The number of aliphatic hydroxyl groups excluding tert-OH is 2. The van der Waals surface area contributed by atoms with Crippen molar-refractivity contribution in [3.63, 3.8) is 0 Å². The van der Waals surface area contributed by atoms with E-state index in [1.807, 2.05) is 12.2 Å². The molecule has 1 heterocycles. The minimum Gasteiger partial charge on any atom is -0.458 e. The van der Waals surface area contributed by atoms with Gasteiger partial charge in [-0.3, -0.25) is 4.79 Å². The first-order valence-corrected chi connectivity index (χ1v) is 9.50. The minimum absolute atomic E-state index is 0.0419. The number of carbonyl (C=O) groups is 1. The van der Waals surface area contributed by atoms with Gasteiger partial charge in [0, 0.05) is 18.8 Å². The Balaban J connectivity index is 2.10. The van der Waals surface area contributed by atoms with Crippen LogP contribution in [0.4, 0.5) is 0 Å². The van der Waals surface area contributed by atoms with Gasteiger partial charge in [-0.15, -0.1) is 0 Å². The fraction of sp³-hybridized carbons (Fsp3) is 0.750. The zero-order valence-electron chi connectivity index (χ0n) is 14.8. The van der Waals surface area contributed by atoms with Crippen LogP contribution >= 0.6 is 0 Å². The molecule has 2 aliphatic rings. The van der Waals surface area contributed by atoms with Crippen LogP contribution in [0, 0.1) is 11.8 Å². The van der Waals surface area contributed by atoms with Gasteiger partial charge in [0.2, 0.25) is 0 Å². The van der Waals surface area contributed by atoms with Crippen molar-refractivity contribution in [1.29, 1.82) is 0 Å². The largest absolute Gasteiger partial charge is 0.458 e. The molecule has 1 aliphatic carbocycles. The highest BCUT2D eigenvalue weighted by Gasteiger charge is 2.39. The van der Waals surface area contributed by atoms with Gasteiger partial charge in [0.1, 0.15) is 6.10 Å². The highest BCUT2D eigenvalue weighted by Crippen LogP contribution is 2.36. The third kappa shape index (κ3) is 5.75. The summed E-state index contributed by atoms with van der Waals surface area (Å²) in [5.41, 5.74) is 0. The number of rotatable bonds is 4. The lowest BCUT2D eigenvalue weighted by atomic mass is 9.89. The van der Waals surface area contributed by atoms with E-state index in [1.54, 1.807) is 0 Å². The Hall–Kier alpha value is -1.13. The molecule has 4 heteroatoms. The number of aliphatic hydroxyl groups is 2. The van der Waals surface area contributed by atoms with Gasteiger partial charge in [0.15, 0.2) is 0 Å². The Labute approximate surface area is 145 Å². The second-order valence-electron chi connectivity index (χ2n) is 7.12. The van der Waals surface area contributed by atoms with E-state index >= 15 is 0 Å². The molecule has 0 radical (unpaired) electrons. The van der Waals surface area contributed by atoms with Gasteiger partial charge in [-0.2, -0.15) is 0 Å². The van der Waals surface area contributed by atoms with E-state index in [4.69, 9.17) is 4.74 Å². The maximum absolute atomic E-state index is 12.0. The van der Waals surface area contributed by atoms with E-state index in [9.17, 15) is 15.0 Å². The molecule has 0 bridgehead atoms. The maximum atomic E-state index is 12.0. The number of ether oxygens (including phenoxy) is 1. The first-order chi connectivity index (χ1) is 11.6. The number of hydrogen-bond acceptors (Lipinski definition) is 4. The van der Waals surface area contributed by atoms with Gasteiger partial charge in [-0.25, -0.2) is 0 Å². The molecule has 1 saturated carbocycles. The summed E-state index contributed by atoms with van der Waals surface area (Å²) in [4.78, 5) is 12.0. The molecule has 4 nitrogen and oxygen atoms in total. The second-order valence-corrected chi connectivity index (χ2v) is 7.12. The minimum atomic E-state index is -0.522. The Kier molecular flexibility index (Phi) is 8.00. The van der Waals surface area contributed by atoms with Crippen molar-refractivity contribution in [1.82, 2.24) is 0 Å². The van der Waals surface area contributed by atoms with E-state index in [-0.39, 0.29) is 23.9 Å². The van der Waals surface area contributed by atoms with Gasteiger partial charge < -0.3 is 14.9 Å². The molecule has 1 fully saturated rings. The molecule has 0 spiro atoms. The van der Waals surface area contributed by atoms with Crippen LogP contribution in [0.25, 0.3) is 0 Å². The molecular weight excluding hydrogens is 304 g/mol. The van der Waals surface area contributed by atoms with Crippen molar-refractivity contribution in [3.05, 3.63) is 24.3 Å². The first-order valence-electron chi connectivity index (χ1n) is 9.50. The van der Waals surface area contributed by atoms with Crippen LogP contribution in [0.15, 0.2) is 24.3 Å². The van der Waals surface area contributed by atoms with Gasteiger partial charge >= 0.3 is 5.97 Å². The van der Waals surface area contributed by atoms with Crippen molar-refractivity contribution < 1.29 is 19.7 Å². The number of esters is 1. The van der Waals surface area contributed by atoms with Gasteiger partial charge in [-0.05, 0) is 44.1 Å². The molecule has 1 unspecified atom stereocenters. The van der Waals surface area contributed by atoms with E-state index in [2.05, 4.69) is 19.1 Å². The van der Waals surface area contributed by atoms with Crippen LogP contribution < -0.4 is 0 Å². The molecule has 0 aromatic heterocycles. The maximum Gasteiger partial charge on any atom is 0.306 e. The van der Waals surface area contributed by atoms with Crippen LogP contribution in [-0.2, 0) is 9.53 Å². The molecule has 5 atom stereocenters. The summed E-state index contributed by atoms with van der Waals surface area (Å²) in [5, 5.41) is 20.5. The Morgan fingerprint density at radius 2 is 2.00 bits per heavy atom. The molecule has 136 valence electrons. The Morgan fingerprint density at radius 3 is 2.79 bits per heavy atom. The van der Waals surface area contributed by atoms with Gasteiger partial charge in [0.25, 0.3) is 0 Å². The molecule has 0 amide bonds. The summed E-state index contributed by atoms with van der Waals surface area (Å²) in [6, 6.07) is 0. The SMILES string of the molecule is CCCCC[C@@H]1/C=C\C2[C@H](O)C[C@H](O)[C@@H]2C/C=C\CCCC(=O)O1. The molecule has 0 saturated heterocycles. The smallest absolute Gasteiger partial charge is 0.306 e. The van der Waals surface area contributed by atoms with Crippen molar-refractivity contribution in [3.8, 4) is 0 Å². The fourth-order valence-corrected chi connectivity index (χ4v) is 3.71. The quantitative estimate of drug-likeness (QED) is 0.468. The summed E-state index contributed by atoms with van der Waals surface area (Å²) in [6.07, 6.45) is 14.2. The van der Waals surface area contributed by atoms with Crippen molar-refractivity contribution in [2.45, 2.75) is 83.0 Å². The summed E-state index contributed by atoms with van der Waals surface area (Å²) >= 11 is 0. The average molecular weight is 336 g/mol. The second kappa shape index (κ2) is 10.00. The average Bonchev–Trinajstić information content (AvgIpc) is 2.81. The van der Waals surface area contributed by atoms with Crippen LogP contribution in [0.1, 0.15) is 64.7 Å². The van der Waals surface area contributed by atoms with Crippen molar-refractivity contribution >= 4 is 5.97 Å². The normalized spacial score (nSPS) is 37.5. The van der Waals surface area contributed by atoms with Crippen LogP contribution in [0.5, 0.6) is 0 Å². The molecule has 0 aromatic rings. The number of allylic oxidation sites excluding steroid dienone is 2. The van der Waals surface area contributed by atoms with E-state index in [0.29, 0.717) is 12.8 Å². The first kappa shape index (κ1) is 19.2. The topological polar surface area (TPSA) is 66.8 Å². The Morgan fingerprint density at radius 1 is 1.17 bits per heavy atom. The summed E-state index contributed by atoms with van der Waals surface area (Å²) in [7, 11) is 0. The Bertz CT molecular complexity index is 443. The fourth-order valence-electron chi connectivity index (χ4n) is 3.71.